The van der Waals surface area contributed by atoms with Gasteiger partial charge in [0.2, 0.25) is 10.0 Å². The molecule has 0 aromatic heterocycles. The molecule has 74 valence electrons. The van der Waals surface area contributed by atoms with Crippen molar-refractivity contribution in [1.29, 1.82) is 0 Å². The highest BCUT2D eigenvalue weighted by atomic mass is 32.2. The summed E-state index contributed by atoms with van der Waals surface area (Å²) in [7, 11) is -3.23. The lowest BCUT2D eigenvalue weighted by Gasteiger charge is -2.05. The quantitative estimate of drug-likeness (QED) is 0.663. The maximum Gasteiger partial charge on any atom is 0.214 e. The van der Waals surface area contributed by atoms with Crippen LogP contribution in [0.5, 0.6) is 0 Å². The van der Waals surface area contributed by atoms with Crippen molar-refractivity contribution in [3.63, 3.8) is 0 Å². The van der Waals surface area contributed by atoms with Gasteiger partial charge in [0.05, 0.1) is 11.8 Å². The Hall–Kier alpha value is -1.41. The maximum atomic E-state index is 11.2. The molecule has 0 radical (unpaired) electrons. The van der Waals surface area contributed by atoms with Crippen LogP contribution in [0.3, 0.4) is 0 Å². The largest absolute Gasteiger partial charge is 0.214 e. The number of nitrogens with one attached hydrogen (secondary N) is 1. The van der Waals surface area contributed by atoms with E-state index in [1.165, 1.54) is 0 Å². The molecule has 14 heavy (non-hydrogen) atoms. The second-order valence-electron chi connectivity index (χ2n) is 2.61. The third-order valence-corrected chi connectivity index (χ3v) is 3.06. The first-order valence-corrected chi connectivity index (χ1v) is 5.47. The average Bonchev–Trinajstić information content (AvgIpc) is 2.10. The van der Waals surface area contributed by atoms with Crippen LogP contribution < -0.4 is 4.72 Å². The first-order chi connectivity index (χ1) is 6.50. The molecular weight excluding hydrogens is 198 g/mol. The van der Waals surface area contributed by atoms with Crippen LogP contribution in [0.25, 0.3) is 0 Å². The van der Waals surface area contributed by atoms with Crippen LogP contribution in [0, 0.1) is 36.0 Å². The number of hydrogen-bond donors (Lipinski definition) is 1. The van der Waals surface area contributed by atoms with Crippen molar-refractivity contribution in [3.8, 4) is 36.0 Å². The molecular formula is C10H11NO2S. The first kappa shape index (κ1) is 12.6. The van der Waals surface area contributed by atoms with E-state index >= 15 is 0 Å². The van der Waals surface area contributed by atoms with Crippen molar-refractivity contribution in [2.24, 2.45) is 0 Å². The fourth-order valence-electron chi connectivity index (χ4n) is 0.459. The molecule has 0 amide bonds. The van der Waals surface area contributed by atoms with Crippen molar-refractivity contribution >= 4 is 10.0 Å². The van der Waals surface area contributed by atoms with E-state index in [0.29, 0.717) is 0 Å². The molecule has 4 heteroatoms. The lowest BCUT2D eigenvalue weighted by atomic mass is 10.5. The summed E-state index contributed by atoms with van der Waals surface area (Å²) in [5, 5.41) is -0.457. The third-order valence-electron chi connectivity index (χ3n) is 1.27. The Morgan fingerprint density at radius 2 is 1.93 bits per heavy atom. The molecule has 0 fully saturated rings. The van der Waals surface area contributed by atoms with Crippen LogP contribution in [0.1, 0.15) is 13.8 Å². The molecule has 1 N–H and O–H groups in total. The van der Waals surface area contributed by atoms with Crippen molar-refractivity contribution in [2.45, 2.75) is 19.1 Å². The molecule has 0 saturated carbocycles. The zero-order valence-corrected chi connectivity index (χ0v) is 8.90. The lowest BCUT2D eigenvalue weighted by molar-refractivity contribution is 0.577. The highest BCUT2D eigenvalue weighted by Gasteiger charge is 2.13. The Morgan fingerprint density at radius 3 is 2.43 bits per heavy atom. The van der Waals surface area contributed by atoms with Gasteiger partial charge in [0.1, 0.15) is 0 Å². The first-order valence-electron chi connectivity index (χ1n) is 3.92. The Kier molecular flexibility index (Phi) is 5.49. The molecule has 3 nitrogen and oxygen atoms in total. The molecule has 0 heterocycles. The molecule has 0 aromatic rings. The van der Waals surface area contributed by atoms with Gasteiger partial charge in [0.15, 0.2) is 0 Å². The van der Waals surface area contributed by atoms with E-state index in [1.807, 2.05) is 0 Å². The van der Waals surface area contributed by atoms with Crippen molar-refractivity contribution in [3.05, 3.63) is 0 Å². The maximum absolute atomic E-state index is 11.2. The van der Waals surface area contributed by atoms with Gasteiger partial charge in [-0.05, 0) is 37.5 Å². The SMILES string of the molecule is C#CC#CC#CCNS(=O)(=O)C(C)C. The van der Waals surface area contributed by atoms with Crippen LogP contribution in [0.2, 0.25) is 0 Å². The van der Waals surface area contributed by atoms with Gasteiger partial charge >= 0.3 is 0 Å². The summed E-state index contributed by atoms with van der Waals surface area (Å²) in [6.45, 7) is 3.24. The number of rotatable bonds is 3. The minimum absolute atomic E-state index is 0.0553. The number of terminal acetylenes is 1. The molecule has 0 aliphatic rings. The smallest absolute Gasteiger partial charge is 0.212 e. The minimum Gasteiger partial charge on any atom is -0.212 e. The standard InChI is InChI=1S/C10H11NO2S/c1-4-5-6-7-8-9-11-14(12,13)10(2)3/h1,10-11H,9H2,2-3H3. The van der Waals surface area contributed by atoms with Crippen molar-refractivity contribution in [1.82, 2.24) is 4.72 Å². The van der Waals surface area contributed by atoms with Crippen LogP contribution in [-0.4, -0.2) is 20.2 Å². The van der Waals surface area contributed by atoms with Gasteiger partial charge in [0.25, 0.3) is 0 Å². The van der Waals surface area contributed by atoms with E-state index < -0.39 is 15.3 Å². The van der Waals surface area contributed by atoms with Gasteiger partial charge in [-0.15, -0.1) is 6.42 Å². The van der Waals surface area contributed by atoms with E-state index in [0.717, 1.165) is 0 Å². The van der Waals surface area contributed by atoms with Crippen molar-refractivity contribution < 1.29 is 8.42 Å². The third kappa shape index (κ3) is 5.27. The molecule has 0 spiro atoms. The molecule has 0 aliphatic carbocycles. The Bertz CT molecular complexity index is 432. The van der Waals surface area contributed by atoms with Crippen LogP contribution in [0.4, 0.5) is 0 Å². The summed E-state index contributed by atoms with van der Waals surface area (Å²) >= 11 is 0. The van der Waals surface area contributed by atoms with Crippen LogP contribution >= 0.6 is 0 Å². The van der Waals surface area contributed by atoms with Crippen molar-refractivity contribution in [2.75, 3.05) is 6.54 Å². The lowest BCUT2D eigenvalue weighted by Crippen LogP contribution is -2.30. The summed E-state index contributed by atoms with van der Waals surface area (Å²) in [5.41, 5.74) is 0. The van der Waals surface area contributed by atoms with Gasteiger partial charge in [-0.25, -0.2) is 13.1 Å². The van der Waals surface area contributed by atoms with Gasteiger partial charge in [-0.1, -0.05) is 5.92 Å². The summed E-state index contributed by atoms with van der Waals surface area (Å²) in [5.74, 6) is 11.7. The Morgan fingerprint density at radius 1 is 1.29 bits per heavy atom. The van der Waals surface area contributed by atoms with E-state index in [9.17, 15) is 8.42 Å². The van der Waals surface area contributed by atoms with Gasteiger partial charge in [-0.2, -0.15) is 0 Å². The van der Waals surface area contributed by atoms with Crippen LogP contribution in [0.15, 0.2) is 0 Å². The molecule has 0 atom stereocenters. The highest BCUT2D eigenvalue weighted by Crippen LogP contribution is 1.93. The Labute approximate surface area is 85.3 Å². The topological polar surface area (TPSA) is 46.2 Å². The number of hydrogen-bond acceptors (Lipinski definition) is 2. The molecule has 0 aliphatic heterocycles. The van der Waals surface area contributed by atoms with E-state index in [4.69, 9.17) is 6.42 Å². The van der Waals surface area contributed by atoms with E-state index in [-0.39, 0.29) is 6.54 Å². The Balaban J connectivity index is 4.09. The van der Waals surface area contributed by atoms with Crippen LogP contribution in [-0.2, 0) is 10.0 Å². The number of sulfonamides is 1. The molecule has 0 unspecified atom stereocenters. The predicted octanol–water partition coefficient (Wildman–Crippen LogP) is -0.0458. The second kappa shape index (κ2) is 6.11. The molecule has 0 bridgehead atoms. The summed E-state index contributed by atoms with van der Waals surface area (Å²) in [6.07, 6.45) is 4.85. The zero-order chi connectivity index (χ0) is 11.0. The minimum atomic E-state index is -3.23. The summed E-state index contributed by atoms with van der Waals surface area (Å²) < 4.78 is 24.7. The second-order valence-corrected chi connectivity index (χ2v) is 4.93. The molecule has 0 saturated heterocycles. The molecule has 0 aromatic carbocycles. The molecule has 0 rings (SSSR count). The zero-order valence-electron chi connectivity index (χ0n) is 8.09. The van der Waals surface area contributed by atoms with E-state index in [1.54, 1.807) is 13.8 Å². The van der Waals surface area contributed by atoms with Gasteiger partial charge in [0, 0.05) is 0 Å². The summed E-state index contributed by atoms with van der Waals surface area (Å²) in [4.78, 5) is 0. The van der Waals surface area contributed by atoms with Gasteiger partial charge < -0.3 is 0 Å². The average molecular weight is 209 g/mol. The monoisotopic (exact) mass is 209 g/mol. The highest BCUT2D eigenvalue weighted by molar-refractivity contribution is 7.90. The fourth-order valence-corrected chi connectivity index (χ4v) is 1.07. The fraction of sp³-hybridized carbons (Fsp3) is 0.400. The predicted molar refractivity (Wildman–Crippen MR) is 56.4 cm³/mol. The van der Waals surface area contributed by atoms with E-state index in [2.05, 4.69) is 34.3 Å². The van der Waals surface area contributed by atoms with Gasteiger partial charge in [-0.3, -0.25) is 0 Å². The summed E-state index contributed by atoms with van der Waals surface area (Å²) in [6, 6.07) is 0. The normalized spacial score (nSPS) is 9.29.